The van der Waals surface area contributed by atoms with E-state index in [1.54, 1.807) is 27.7 Å². The molecule has 39 heavy (non-hydrogen) atoms. The third-order valence-electron chi connectivity index (χ3n) is 9.76. The Morgan fingerprint density at radius 2 is 1.85 bits per heavy atom. The molecule has 0 aromatic heterocycles. The predicted molar refractivity (Wildman–Crippen MR) is 141 cm³/mol. The second kappa shape index (κ2) is 10.7. The minimum absolute atomic E-state index is 0.00314. The summed E-state index contributed by atoms with van der Waals surface area (Å²) in [5, 5.41) is 10.9. The number of hydrogen-bond donors (Lipinski definition) is 1. The molecule has 0 saturated heterocycles. The molecule has 0 radical (unpaired) electrons. The van der Waals surface area contributed by atoms with Gasteiger partial charge in [-0.15, -0.1) is 0 Å². The Labute approximate surface area is 231 Å². The van der Waals surface area contributed by atoms with Crippen LogP contribution in [0.25, 0.3) is 0 Å². The summed E-state index contributed by atoms with van der Waals surface area (Å²) < 4.78 is 77.0. The van der Waals surface area contributed by atoms with Gasteiger partial charge in [-0.1, -0.05) is 31.7 Å². The van der Waals surface area contributed by atoms with E-state index < -0.39 is 83.0 Å². The number of halogens is 3. The molecule has 0 spiro atoms. The van der Waals surface area contributed by atoms with Crippen molar-refractivity contribution < 1.29 is 46.2 Å². The molecule has 0 bridgehead atoms. The van der Waals surface area contributed by atoms with Gasteiger partial charge in [0, 0.05) is 16.7 Å². The molecule has 4 rings (SSSR count). The van der Waals surface area contributed by atoms with Gasteiger partial charge in [0.2, 0.25) is 5.12 Å². The summed E-state index contributed by atoms with van der Waals surface area (Å²) in [5.41, 5.74) is -6.94. The summed E-state index contributed by atoms with van der Waals surface area (Å²) in [6.45, 7) is 8.29. The highest BCUT2D eigenvalue weighted by molar-refractivity contribution is 8.13. The molecule has 12 heteroatoms. The van der Waals surface area contributed by atoms with E-state index in [0.29, 0.717) is 11.8 Å². The Kier molecular flexibility index (Phi) is 8.50. The molecule has 4 aliphatic carbocycles. The van der Waals surface area contributed by atoms with Crippen LogP contribution in [0, 0.1) is 28.6 Å². The number of rotatable bonds is 9. The number of fused-ring (bicyclic) bond motifs is 5. The first-order valence-electron chi connectivity index (χ1n) is 13.4. The highest BCUT2D eigenvalue weighted by Gasteiger charge is 2.77. The Morgan fingerprint density at radius 1 is 1.21 bits per heavy atom. The van der Waals surface area contributed by atoms with Crippen molar-refractivity contribution in [2.75, 3.05) is 25.6 Å². The number of aliphatic hydroxyl groups excluding tert-OH is 1. The molecule has 0 unspecified atom stereocenters. The van der Waals surface area contributed by atoms with E-state index in [0.717, 1.165) is 6.08 Å². The maximum absolute atomic E-state index is 17.4. The third kappa shape index (κ3) is 4.36. The van der Waals surface area contributed by atoms with E-state index >= 15 is 8.78 Å². The van der Waals surface area contributed by atoms with Crippen LogP contribution in [0.3, 0.4) is 0 Å². The van der Waals surface area contributed by atoms with Gasteiger partial charge in [-0.05, 0) is 69.6 Å². The summed E-state index contributed by atoms with van der Waals surface area (Å²) in [7, 11) is -3.80. The fourth-order valence-corrected chi connectivity index (χ4v) is 10.3. The molecule has 9 atom stereocenters. The average Bonchev–Trinajstić information content (AvgIpc) is 3.08. The molecule has 0 aromatic carbocycles. The number of ether oxygens (including phenoxy) is 1. The molecular weight excluding hydrogens is 556 g/mol. The second-order valence-electron chi connectivity index (χ2n) is 11.5. The van der Waals surface area contributed by atoms with Crippen LogP contribution in [-0.2, 0) is 27.9 Å². The van der Waals surface area contributed by atoms with Crippen molar-refractivity contribution >= 4 is 30.3 Å². The van der Waals surface area contributed by atoms with Crippen molar-refractivity contribution in [1.82, 2.24) is 0 Å². The van der Waals surface area contributed by atoms with Crippen LogP contribution < -0.4 is 0 Å². The van der Waals surface area contributed by atoms with Crippen molar-refractivity contribution in [3.63, 3.8) is 0 Å². The number of alkyl halides is 3. The van der Waals surface area contributed by atoms with Crippen LogP contribution in [0.4, 0.5) is 13.2 Å². The van der Waals surface area contributed by atoms with E-state index in [1.807, 2.05) is 0 Å². The normalized spacial score (nSPS) is 43.5. The lowest BCUT2D eigenvalue weighted by molar-refractivity contribution is -0.227. The maximum Gasteiger partial charge on any atom is 0.356 e. The van der Waals surface area contributed by atoms with Gasteiger partial charge in [-0.25, -0.2) is 13.2 Å². The monoisotopic (exact) mass is 594 g/mol. The summed E-state index contributed by atoms with van der Waals surface area (Å²) in [4.78, 5) is 25.8. The number of thioether (sulfide) groups is 1. The lowest BCUT2D eigenvalue weighted by atomic mass is 9.44. The van der Waals surface area contributed by atoms with E-state index in [2.05, 4.69) is 0 Å². The zero-order valence-electron chi connectivity index (χ0n) is 23.0. The SMILES string of the molecule is CCOP(=O)(CO[C@]1(C(=O)SCF)[C@H](C)C[C@H]2[C@@H]3C[C@H](F)C4=CC(=O)C=C[C@]4(C)[C@@]3(F)[C@@H](O)C[C@@]21C)OCC. The first kappa shape index (κ1) is 31.0. The lowest BCUT2D eigenvalue weighted by Gasteiger charge is -2.63. The fourth-order valence-electron chi connectivity index (χ4n) is 8.17. The molecule has 4 aliphatic rings. The Balaban J connectivity index is 1.82. The van der Waals surface area contributed by atoms with E-state index in [-0.39, 0.29) is 38.0 Å². The largest absolute Gasteiger partial charge is 0.390 e. The van der Waals surface area contributed by atoms with Gasteiger partial charge in [-0.3, -0.25) is 14.2 Å². The summed E-state index contributed by atoms with van der Waals surface area (Å²) in [6, 6.07) is -1.04. The van der Waals surface area contributed by atoms with Gasteiger partial charge in [0.25, 0.3) is 0 Å². The molecule has 7 nitrogen and oxygen atoms in total. The van der Waals surface area contributed by atoms with Crippen molar-refractivity contribution in [2.24, 2.45) is 28.6 Å². The highest BCUT2D eigenvalue weighted by atomic mass is 32.2. The molecule has 220 valence electrons. The summed E-state index contributed by atoms with van der Waals surface area (Å²) in [5.74, 6) is -2.74. The van der Waals surface area contributed by atoms with Crippen LogP contribution in [0.1, 0.15) is 53.9 Å². The standard InChI is InChI=1S/C27H38F3O7PS/c1-6-36-38(34,37-7-2)15-35-27(23(33)39-14-28)16(3)10-18-19-12-21(29)20-11-17(31)8-9-24(20,4)26(19,30)22(32)13-25(18,27)5/h8-9,11,16,18-19,21-22,32H,6-7,10,12-15H2,1-5H3/t16-,18+,19+,21+,22+,24+,25+,26+,27+/m1/s1. The van der Waals surface area contributed by atoms with Gasteiger partial charge in [-0.2, -0.15) is 0 Å². The zero-order valence-corrected chi connectivity index (χ0v) is 24.7. The number of ketones is 1. The Bertz CT molecular complexity index is 1110. The molecule has 3 fully saturated rings. The second-order valence-corrected chi connectivity index (χ2v) is 14.4. The minimum atomic E-state index is -3.80. The van der Waals surface area contributed by atoms with E-state index in [4.69, 9.17) is 13.8 Å². The van der Waals surface area contributed by atoms with Crippen molar-refractivity contribution in [3.05, 3.63) is 23.8 Å². The van der Waals surface area contributed by atoms with E-state index in [9.17, 15) is 23.7 Å². The van der Waals surface area contributed by atoms with Crippen molar-refractivity contribution in [3.8, 4) is 0 Å². The number of carbonyl (C=O) groups excluding carboxylic acids is 2. The molecule has 3 saturated carbocycles. The van der Waals surface area contributed by atoms with Crippen molar-refractivity contribution in [1.29, 1.82) is 0 Å². The average molecular weight is 595 g/mol. The van der Waals surface area contributed by atoms with Crippen LogP contribution in [0.2, 0.25) is 0 Å². The van der Waals surface area contributed by atoms with Crippen LogP contribution in [0.5, 0.6) is 0 Å². The smallest absolute Gasteiger partial charge is 0.356 e. The molecule has 0 aromatic rings. The zero-order chi connectivity index (χ0) is 29.0. The highest BCUT2D eigenvalue weighted by Crippen LogP contribution is 2.72. The Hall–Kier alpha value is -0.970. The summed E-state index contributed by atoms with van der Waals surface area (Å²) >= 11 is 0.401. The van der Waals surface area contributed by atoms with Gasteiger partial charge < -0.3 is 18.9 Å². The molecular formula is C27H38F3O7PS. The van der Waals surface area contributed by atoms with Gasteiger partial charge in [0.05, 0.1) is 19.3 Å². The molecule has 0 amide bonds. The molecule has 1 N–H and O–H groups in total. The topological polar surface area (TPSA) is 99.1 Å². The maximum atomic E-state index is 17.4. The van der Waals surface area contributed by atoms with Crippen molar-refractivity contribution in [2.45, 2.75) is 77.4 Å². The molecule has 0 aliphatic heterocycles. The Morgan fingerprint density at radius 3 is 2.44 bits per heavy atom. The summed E-state index contributed by atoms with van der Waals surface area (Å²) in [6.07, 6.45) is -0.529. The number of aliphatic hydroxyl groups is 1. The minimum Gasteiger partial charge on any atom is -0.390 e. The van der Waals surface area contributed by atoms with Crippen LogP contribution in [-0.4, -0.2) is 65.1 Å². The first-order valence-corrected chi connectivity index (χ1v) is 16.1. The van der Waals surface area contributed by atoms with Crippen LogP contribution >= 0.6 is 19.4 Å². The van der Waals surface area contributed by atoms with E-state index in [1.165, 1.54) is 19.1 Å². The third-order valence-corrected chi connectivity index (χ3v) is 12.2. The quantitative estimate of drug-likeness (QED) is 0.339. The molecule has 0 heterocycles. The fraction of sp³-hybridized carbons (Fsp3) is 0.778. The number of carbonyl (C=O) groups is 2. The number of allylic oxidation sites excluding steroid dienone is 4. The van der Waals surface area contributed by atoms with Crippen LogP contribution in [0.15, 0.2) is 23.8 Å². The van der Waals surface area contributed by atoms with Gasteiger partial charge >= 0.3 is 7.60 Å². The predicted octanol–water partition coefficient (Wildman–Crippen LogP) is 5.72. The lowest BCUT2D eigenvalue weighted by Crippen LogP contribution is -2.70. The van der Waals surface area contributed by atoms with Gasteiger partial charge in [0.15, 0.2) is 11.5 Å². The van der Waals surface area contributed by atoms with Gasteiger partial charge in [0.1, 0.15) is 24.1 Å². The first-order chi connectivity index (χ1) is 18.2. The number of hydrogen-bond acceptors (Lipinski definition) is 8.